The van der Waals surface area contributed by atoms with Crippen LogP contribution in [0.25, 0.3) is 0 Å². The number of hydrogen-bond donors (Lipinski definition) is 1. The highest BCUT2D eigenvalue weighted by Crippen LogP contribution is 2.08. The molecule has 2 N–H and O–H groups in total. The Morgan fingerprint density at radius 3 is 2.19 bits per heavy atom. The summed E-state index contributed by atoms with van der Waals surface area (Å²) < 4.78 is 0. The highest BCUT2D eigenvalue weighted by atomic mass is 15.1. The highest BCUT2D eigenvalue weighted by molar-refractivity contribution is 5.22. The molecule has 0 aliphatic rings. The molecule has 1 rings (SSSR count). The number of nitrogens with two attached hydrogens (primary N) is 1. The van der Waals surface area contributed by atoms with Crippen LogP contribution in [-0.4, -0.2) is 24.5 Å². The summed E-state index contributed by atoms with van der Waals surface area (Å²) in [5, 5.41) is 0. The van der Waals surface area contributed by atoms with Gasteiger partial charge >= 0.3 is 0 Å². The molecule has 16 heavy (non-hydrogen) atoms. The highest BCUT2D eigenvalue weighted by Gasteiger charge is 2.02. The minimum absolute atomic E-state index is 0.732. The van der Waals surface area contributed by atoms with Gasteiger partial charge in [0.2, 0.25) is 0 Å². The molecule has 0 amide bonds. The second-order valence-corrected chi connectivity index (χ2v) is 4.22. The maximum Gasteiger partial charge on any atom is 0.0233 e. The van der Waals surface area contributed by atoms with Gasteiger partial charge in [-0.15, -0.1) is 0 Å². The molecule has 0 radical (unpaired) electrons. The molecule has 0 heterocycles. The zero-order chi connectivity index (χ0) is 11.8. The van der Waals surface area contributed by atoms with E-state index in [1.54, 1.807) is 0 Å². The fourth-order valence-electron chi connectivity index (χ4n) is 1.90. The zero-order valence-electron chi connectivity index (χ0n) is 10.6. The van der Waals surface area contributed by atoms with Crippen molar-refractivity contribution < 1.29 is 0 Å². The summed E-state index contributed by atoms with van der Waals surface area (Å²) >= 11 is 0. The molecule has 0 spiro atoms. The lowest BCUT2D eigenvalue weighted by Gasteiger charge is -2.19. The van der Waals surface area contributed by atoms with Gasteiger partial charge in [-0.1, -0.05) is 38.1 Å². The Morgan fingerprint density at radius 1 is 1.06 bits per heavy atom. The van der Waals surface area contributed by atoms with Crippen molar-refractivity contribution in [2.24, 2.45) is 5.73 Å². The lowest BCUT2D eigenvalue weighted by atomic mass is 10.1. The molecule has 0 bridgehead atoms. The van der Waals surface area contributed by atoms with Crippen LogP contribution in [-0.2, 0) is 13.0 Å². The smallest absolute Gasteiger partial charge is 0.0233 e. The molecule has 2 nitrogen and oxygen atoms in total. The fraction of sp³-hybridized carbons (Fsp3) is 0.571. The predicted octanol–water partition coefficient (Wildman–Crippen LogP) is 2.42. The molecule has 90 valence electrons. The number of rotatable bonds is 7. The molecule has 0 aliphatic carbocycles. The average molecular weight is 220 g/mol. The van der Waals surface area contributed by atoms with Gasteiger partial charge in [-0.25, -0.2) is 0 Å². The molecule has 1 aromatic rings. The fourth-order valence-corrected chi connectivity index (χ4v) is 1.90. The van der Waals surface area contributed by atoms with Crippen LogP contribution in [0.15, 0.2) is 24.3 Å². The van der Waals surface area contributed by atoms with Crippen molar-refractivity contribution in [1.82, 2.24) is 4.90 Å². The van der Waals surface area contributed by atoms with Crippen molar-refractivity contribution in [2.75, 3.05) is 19.6 Å². The van der Waals surface area contributed by atoms with Crippen LogP contribution in [0.4, 0.5) is 0 Å². The van der Waals surface area contributed by atoms with Gasteiger partial charge < -0.3 is 5.73 Å². The largest absolute Gasteiger partial charge is 0.330 e. The van der Waals surface area contributed by atoms with Crippen LogP contribution < -0.4 is 5.73 Å². The van der Waals surface area contributed by atoms with Gasteiger partial charge in [-0.3, -0.25) is 4.90 Å². The predicted molar refractivity (Wildman–Crippen MR) is 70.4 cm³/mol. The van der Waals surface area contributed by atoms with E-state index in [2.05, 4.69) is 43.0 Å². The van der Waals surface area contributed by atoms with E-state index in [-0.39, 0.29) is 0 Å². The van der Waals surface area contributed by atoms with Crippen molar-refractivity contribution in [3.05, 3.63) is 35.4 Å². The van der Waals surface area contributed by atoms with Gasteiger partial charge in [0.25, 0.3) is 0 Å². The van der Waals surface area contributed by atoms with E-state index < -0.39 is 0 Å². The standard InChI is InChI=1S/C14H24N2/c1-3-11-16(4-2)12-14-7-5-13(6-8-14)9-10-15/h5-8H,3-4,9-12,15H2,1-2H3. The molecular formula is C14H24N2. The van der Waals surface area contributed by atoms with E-state index in [0.717, 1.165) is 26.1 Å². The monoisotopic (exact) mass is 220 g/mol. The maximum absolute atomic E-state index is 5.53. The molecule has 0 aliphatic heterocycles. The first-order chi connectivity index (χ1) is 7.80. The first-order valence-electron chi connectivity index (χ1n) is 6.30. The number of hydrogen-bond acceptors (Lipinski definition) is 2. The van der Waals surface area contributed by atoms with Crippen molar-refractivity contribution in [2.45, 2.75) is 33.2 Å². The summed E-state index contributed by atoms with van der Waals surface area (Å²) in [6.07, 6.45) is 2.20. The first kappa shape index (κ1) is 13.2. The molecule has 0 saturated heterocycles. The molecule has 1 aromatic carbocycles. The van der Waals surface area contributed by atoms with E-state index >= 15 is 0 Å². The Kier molecular flexibility index (Phi) is 6.12. The summed E-state index contributed by atoms with van der Waals surface area (Å²) in [5.74, 6) is 0. The Balaban J connectivity index is 2.53. The van der Waals surface area contributed by atoms with Crippen molar-refractivity contribution in [3.8, 4) is 0 Å². The van der Waals surface area contributed by atoms with E-state index in [1.807, 2.05) is 0 Å². The second-order valence-electron chi connectivity index (χ2n) is 4.22. The average Bonchev–Trinajstić information content (AvgIpc) is 2.31. The molecular weight excluding hydrogens is 196 g/mol. The van der Waals surface area contributed by atoms with Crippen LogP contribution in [0.1, 0.15) is 31.4 Å². The minimum Gasteiger partial charge on any atom is -0.330 e. The van der Waals surface area contributed by atoms with E-state index in [1.165, 1.54) is 24.1 Å². The Morgan fingerprint density at radius 2 is 1.69 bits per heavy atom. The quantitative estimate of drug-likeness (QED) is 0.764. The third-order valence-electron chi connectivity index (χ3n) is 2.85. The first-order valence-corrected chi connectivity index (χ1v) is 6.30. The number of nitrogens with zero attached hydrogens (tertiary/aromatic N) is 1. The summed E-state index contributed by atoms with van der Waals surface area (Å²) in [4.78, 5) is 2.47. The molecule has 2 heteroatoms. The van der Waals surface area contributed by atoms with Crippen molar-refractivity contribution in [3.63, 3.8) is 0 Å². The SMILES string of the molecule is CCCN(CC)Cc1ccc(CCN)cc1. The molecule has 0 aromatic heterocycles. The van der Waals surface area contributed by atoms with E-state index in [9.17, 15) is 0 Å². The summed E-state index contributed by atoms with van der Waals surface area (Å²) in [6.45, 7) is 8.55. The summed E-state index contributed by atoms with van der Waals surface area (Å²) in [5.41, 5.74) is 8.27. The lowest BCUT2D eigenvalue weighted by molar-refractivity contribution is 0.280. The normalized spacial score (nSPS) is 11.0. The van der Waals surface area contributed by atoms with E-state index in [0.29, 0.717) is 0 Å². The van der Waals surface area contributed by atoms with Gasteiger partial charge in [0.05, 0.1) is 0 Å². The zero-order valence-corrected chi connectivity index (χ0v) is 10.6. The van der Waals surface area contributed by atoms with Crippen LogP contribution >= 0.6 is 0 Å². The Labute approximate surface area is 99.5 Å². The summed E-state index contributed by atoms with van der Waals surface area (Å²) in [7, 11) is 0. The van der Waals surface area contributed by atoms with Gasteiger partial charge in [0.1, 0.15) is 0 Å². The Bertz CT molecular complexity index is 279. The van der Waals surface area contributed by atoms with Gasteiger partial charge in [-0.05, 0) is 43.6 Å². The summed E-state index contributed by atoms with van der Waals surface area (Å²) in [6, 6.07) is 8.84. The van der Waals surface area contributed by atoms with E-state index in [4.69, 9.17) is 5.73 Å². The lowest BCUT2D eigenvalue weighted by Crippen LogP contribution is -2.23. The minimum atomic E-state index is 0.732. The maximum atomic E-state index is 5.53. The van der Waals surface area contributed by atoms with Crippen molar-refractivity contribution >= 4 is 0 Å². The van der Waals surface area contributed by atoms with Gasteiger partial charge in [0, 0.05) is 6.54 Å². The third kappa shape index (κ3) is 4.33. The molecule has 0 atom stereocenters. The number of benzene rings is 1. The topological polar surface area (TPSA) is 29.3 Å². The van der Waals surface area contributed by atoms with Crippen LogP contribution in [0.5, 0.6) is 0 Å². The van der Waals surface area contributed by atoms with Crippen molar-refractivity contribution in [1.29, 1.82) is 0 Å². The third-order valence-corrected chi connectivity index (χ3v) is 2.85. The van der Waals surface area contributed by atoms with Crippen LogP contribution in [0.3, 0.4) is 0 Å². The molecule has 0 fully saturated rings. The molecule has 0 unspecified atom stereocenters. The van der Waals surface area contributed by atoms with Gasteiger partial charge in [-0.2, -0.15) is 0 Å². The molecule has 0 saturated carbocycles. The van der Waals surface area contributed by atoms with Crippen LogP contribution in [0, 0.1) is 0 Å². The Hall–Kier alpha value is -0.860. The van der Waals surface area contributed by atoms with Gasteiger partial charge in [0.15, 0.2) is 0 Å². The second kappa shape index (κ2) is 7.42. The van der Waals surface area contributed by atoms with Crippen LogP contribution in [0.2, 0.25) is 0 Å².